The highest BCUT2D eigenvalue weighted by Gasteiger charge is 2.05. The van der Waals surface area contributed by atoms with Crippen molar-refractivity contribution in [1.29, 1.82) is 0 Å². The van der Waals surface area contributed by atoms with Crippen LogP contribution in [0.5, 0.6) is 5.75 Å². The Morgan fingerprint density at radius 2 is 2.00 bits per heavy atom. The summed E-state index contributed by atoms with van der Waals surface area (Å²) in [7, 11) is 1.55. The third kappa shape index (κ3) is 2.83. The van der Waals surface area contributed by atoms with Crippen molar-refractivity contribution in [2.75, 3.05) is 12.4 Å². The smallest absolute Gasteiger partial charge is 0.146 e. The van der Waals surface area contributed by atoms with Gasteiger partial charge in [-0.1, -0.05) is 6.92 Å². The van der Waals surface area contributed by atoms with Crippen LogP contribution < -0.4 is 10.1 Å². The molecule has 0 unspecified atom stereocenters. The minimum atomic E-state index is -0.307. The van der Waals surface area contributed by atoms with E-state index in [0.717, 1.165) is 17.9 Å². The van der Waals surface area contributed by atoms with Gasteiger partial charge in [0.15, 0.2) is 0 Å². The van der Waals surface area contributed by atoms with Crippen LogP contribution in [0, 0.1) is 5.82 Å². The summed E-state index contributed by atoms with van der Waals surface area (Å²) in [6.45, 7) is 2.47. The van der Waals surface area contributed by atoms with Gasteiger partial charge in [-0.2, -0.15) is 0 Å². The van der Waals surface area contributed by atoms with Crippen LogP contribution in [-0.4, -0.2) is 7.11 Å². The SMILES string of the molecule is CCc1ccc(CNc2cc(OC)ccc2F)o1. The minimum Gasteiger partial charge on any atom is -0.497 e. The van der Waals surface area contributed by atoms with E-state index in [1.165, 1.54) is 6.07 Å². The molecule has 0 amide bonds. The predicted octanol–water partition coefficient (Wildman–Crippen LogP) is 3.60. The predicted molar refractivity (Wildman–Crippen MR) is 68.4 cm³/mol. The molecule has 1 aromatic heterocycles. The lowest BCUT2D eigenvalue weighted by Crippen LogP contribution is -2.00. The summed E-state index contributed by atoms with van der Waals surface area (Å²) < 4.78 is 24.1. The molecule has 0 aliphatic heterocycles. The zero-order valence-electron chi connectivity index (χ0n) is 10.5. The van der Waals surface area contributed by atoms with E-state index in [0.29, 0.717) is 18.0 Å². The molecule has 0 atom stereocenters. The number of methoxy groups -OCH3 is 1. The third-order valence-electron chi connectivity index (χ3n) is 2.69. The van der Waals surface area contributed by atoms with Crippen LogP contribution in [0.1, 0.15) is 18.4 Å². The Morgan fingerprint density at radius 3 is 2.67 bits per heavy atom. The zero-order valence-corrected chi connectivity index (χ0v) is 10.5. The summed E-state index contributed by atoms with van der Waals surface area (Å²) in [6.07, 6.45) is 0.855. The van der Waals surface area contributed by atoms with Gasteiger partial charge in [0.2, 0.25) is 0 Å². The molecule has 0 radical (unpaired) electrons. The van der Waals surface area contributed by atoms with Gasteiger partial charge in [0.25, 0.3) is 0 Å². The van der Waals surface area contributed by atoms with E-state index in [9.17, 15) is 4.39 Å². The first-order valence-corrected chi connectivity index (χ1v) is 5.88. The van der Waals surface area contributed by atoms with Crippen molar-refractivity contribution < 1.29 is 13.5 Å². The second kappa shape index (κ2) is 5.58. The highest BCUT2D eigenvalue weighted by Crippen LogP contribution is 2.22. The van der Waals surface area contributed by atoms with Crippen LogP contribution >= 0.6 is 0 Å². The Balaban J connectivity index is 2.05. The molecular weight excluding hydrogens is 233 g/mol. The van der Waals surface area contributed by atoms with Gasteiger partial charge in [0, 0.05) is 12.5 Å². The second-order valence-electron chi connectivity index (χ2n) is 3.92. The van der Waals surface area contributed by atoms with E-state index in [1.807, 2.05) is 19.1 Å². The fourth-order valence-corrected chi connectivity index (χ4v) is 1.66. The number of nitrogens with one attached hydrogen (secondary N) is 1. The summed E-state index contributed by atoms with van der Waals surface area (Å²) in [6, 6.07) is 8.41. The summed E-state index contributed by atoms with van der Waals surface area (Å²) in [4.78, 5) is 0. The van der Waals surface area contributed by atoms with E-state index < -0.39 is 0 Å². The molecule has 0 spiro atoms. The quantitative estimate of drug-likeness (QED) is 0.879. The topological polar surface area (TPSA) is 34.4 Å². The Labute approximate surface area is 106 Å². The molecule has 0 bridgehead atoms. The van der Waals surface area contributed by atoms with Crippen LogP contribution in [0.15, 0.2) is 34.7 Å². The number of ether oxygens (including phenoxy) is 1. The van der Waals surface area contributed by atoms with Gasteiger partial charge < -0.3 is 14.5 Å². The Hall–Kier alpha value is -1.97. The highest BCUT2D eigenvalue weighted by atomic mass is 19.1. The van der Waals surface area contributed by atoms with Gasteiger partial charge in [0.05, 0.1) is 19.3 Å². The molecule has 0 saturated heterocycles. The number of hydrogen-bond acceptors (Lipinski definition) is 3. The monoisotopic (exact) mass is 249 g/mol. The zero-order chi connectivity index (χ0) is 13.0. The summed E-state index contributed by atoms with van der Waals surface area (Å²) in [5, 5.41) is 2.99. The van der Waals surface area contributed by atoms with Crippen molar-refractivity contribution in [3.05, 3.63) is 47.7 Å². The fourth-order valence-electron chi connectivity index (χ4n) is 1.66. The third-order valence-corrected chi connectivity index (χ3v) is 2.69. The van der Waals surface area contributed by atoms with Gasteiger partial charge in [-0.25, -0.2) is 4.39 Å². The van der Waals surface area contributed by atoms with Gasteiger partial charge in [0.1, 0.15) is 23.1 Å². The molecule has 0 saturated carbocycles. The molecule has 2 rings (SSSR count). The molecule has 96 valence electrons. The van der Waals surface area contributed by atoms with E-state index in [1.54, 1.807) is 19.2 Å². The first kappa shape index (κ1) is 12.5. The van der Waals surface area contributed by atoms with Gasteiger partial charge >= 0.3 is 0 Å². The van der Waals surface area contributed by atoms with Gasteiger partial charge in [-0.05, 0) is 24.3 Å². The maximum absolute atomic E-state index is 13.5. The van der Waals surface area contributed by atoms with Gasteiger partial charge in [-0.3, -0.25) is 0 Å². The lowest BCUT2D eigenvalue weighted by Gasteiger charge is -2.08. The molecule has 4 heteroatoms. The first-order chi connectivity index (χ1) is 8.72. The summed E-state index contributed by atoms with van der Waals surface area (Å²) in [5.74, 6) is 2.03. The normalized spacial score (nSPS) is 10.4. The standard InChI is InChI=1S/C14H16FNO2/c1-3-10-4-5-12(18-10)9-16-14-8-11(17-2)6-7-13(14)15/h4-8,16H,3,9H2,1-2H3. The number of halogens is 1. The van der Waals surface area contributed by atoms with Gasteiger partial charge in [-0.15, -0.1) is 0 Å². The van der Waals surface area contributed by atoms with Crippen LogP contribution in [-0.2, 0) is 13.0 Å². The lowest BCUT2D eigenvalue weighted by atomic mass is 10.3. The molecular formula is C14H16FNO2. The fraction of sp³-hybridized carbons (Fsp3) is 0.286. The van der Waals surface area contributed by atoms with E-state index in [2.05, 4.69) is 5.32 Å². The molecule has 1 heterocycles. The first-order valence-electron chi connectivity index (χ1n) is 5.88. The van der Waals surface area contributed by atoms with Crippen molar-refractivity contribution >= 4 is 5.69 Å². The van der Waals surface area contributed by atoms with Crippen LogP contribution in [0.25, 0.3) is 0 Å². The number of rotatable bonds is 5. The molecule has 0 fully saturated rings. The van der Waals surface area contributed by atoms with E-state index in [4.69, 9.17) is 9.15 Å². The number of hydrogen-bond donors (Lipinski definition) is 1. The number of furan rings is 1. The average Bonchev–Trinajstić information content (AvgIpc) is 2.86. The maximum atomic E-state index is 13.5. The number of benzene rings is 1. The molecule has 2 aromatic rings. The largest absolute Gasteiger partial charge is 0.497 e. The van der Waals surface area contributed by atoms with E-state index in [-0.39, 0.29) is 5.82 Å². The molecule has 0 aliphatic carbocycles. The van der Waals surface area contributed by atoms with Crippen molar-refractivity contribution in [1.82, 2.24) is 0 Å². The summed E-state index contributed by atoms with van der Waals surface area (Å²) >= 11 is 0. The van der Waals surface area contributed by atoms with E-state index >= 15 is 0 Å². The number of anilines is 1. The molecule has 1 N–H and O–H groups in total. The molecule has 0 aliphatic rings. The second-order valence-corrected chi connectivity index (χ2v) is 3.92. The average molecular weight is 249 g/mol. The van der Waals surface area contributed by atoms with Crippen molar-refractivity contribution in [3.63, 3.8) is 0 Å². The maximum Gasteiger partial charge on any atom is 0.146 e. The Bertz CT molecular complexity index is 522. The number of aryl methyl sites for hydroxylation is 1. The lowest BCUT2D eigenvalue weighted by molar-refractivity contribution is 0.414. The van der Waals surface area contributed by atoms with Crippen LogP contribution in [0.3, 0.4) is 0 Å². The Kier molecular flexibility index (Phi) is 3.87. The molecule has 3 nitrogen and oxygen atoms in total. The minimum absolute atomic E-state index is 0.307. The highest BCUT2D eigenvalue weighted by molar-refractivity contribution is 5.49. The van der Waals surface area contributed by atoms with Crippen molar-refractivity contribution in [2.45, 2.75) is 19.9 Å². The van der Waals surface area contributed by atoms with Crippen molar-refractivity contribution in [3.8, 4) is 5.75 Å². The molecule has 18 heavy (non-hydrogen) atoms. The Morgan fingerprint density at radius 1 is 1.22 bits per heavy atom. The van der Waals surface area contributed by atoms with Crippen LogP contribution in [0.4, 0.5) is 10.1 Å². The summed E-state index contributed by atoms with van der Waals surface area (Å²) in [5.41, 5.74) is 0.406. The van der Waals surface area contributed by atoms with Crippen LogP contribution in [0.2, 0.25) is 0 Å². The van der Waals surface area contributed by atoms with Crippen molar-refractivity contribution in [2.24, 2.45) is 0 Å². The molecule has 1 aromatic carbocycles.